The third-order valence-corrected chi connectivity index (χ3v) is 7.13. The molecule has 8 rings (SSSR count). The molecule has 36 heavy (non-hydrogen) atoms. The van der Waals surface area contributed by atoms with E-state index in [9.17, 15) is 0 Å². The lowest BCUT2D eigenvalue weighted by molar-refractivity contribution is 0.670. The van der Waals surface area contributed by atoms with Gasteiger partial charge in [0.1, 0.15) is 11.2 Å². The fourth-order valence-corrected chi connectivity index (χ4v) is 5.54. The van der Waals surface area contributed by atoms with Gasteiger partial charge in [0.15, 0.2) is 11.5 Å². The Kier molecular flexibility index (Phi) is 3.91. The number of aromatic nitrogens is 3. The second kappa shape index (κ2) is 7.27. The van der Waals surface area contributed by atoms with Crippen LogP contribution in [0.1, 0.15) is 0 Å². The van der Waals surface area contributed by atoms with E-state index in [1.807, 2.05) is 12.1 Å². The molecule has 0 bridgehead atoms. The van der Waals surface area contributed by atoms with E-state index in [2.05, 4.69) is 108 Å². The number of hydrogen-bond acceptors (Lipinski definition) is 3. The van der Waals surface area contributed by atoms with Gasteiger partial charge in [-0.05, 0) is 23.1 Å². The molecule has 168 valence electrons. The standard InChI is InChI=1S/C32H19N3O/c1-3-14-26-20(10-1)22-12-5-7-18-28(22)35-31(26)33-34-32(35)27-15-4-2-11-21(27)24-16-9-17-25-23-13-6-8-19-29(23)36-30(24)25/h1-19H. The molecule has 0 atom stereocenters. The summed E-state index contributed by atoms with van der Waals surface area (Å²) in [5.41, 5.74) is 6.84. The highest BCUT2D eigenvalue weighted by atomic mass is 16.3. The Bertz CT molecular complexity index is 2120. The molecule has 5 aromatic carbocycles. The van der Waals surface area contributed by atoms with Crippen molar-refractivity contribution in [2.75, 3.05) is 0 Å². The average molecular weight is 462 g/mol. The number of pyridine rings is 1. The van der Waals surface area contributed by atoms with E-state index in [-0.39, 0.29) is 0 Å². The molecule has 0 unspecified atom stereocenters. The fourth-order valence-electron chi connectivity index (χ4n) is 5.54. The molecule has 0 radical (unpaired) electrons. The Labute approximate surface area is 206 Å². The first kappa shape index (κ1) is 19.4. The predicted octanol–water partition coefficient (Wildman–Crippen LogP) is 8.27. The van der Waals surface area contributed by atoms with Gasteiger partial charge in [0.05, 0.1) is 5.52 Å². The van der Waals surface area contributed by atoms with Crippen molar-refractivity contribution < 1.29 is 4.42 Å². The average Bonchev–Trinajstić information content (AvgIpc) is 3.56. The number of hydrogen-bond donors (Lipinski definition) is 0. The first-order valence-electron chi connectivity index (χ1n) is 12.0. The summed E-state index contributed by atoms with van der Waals surface area (Å²) in [5.74, 6) is 0.815. The molecule has 3 aromatic heterocycles. The summed E-state index contributed by atoms with van der Waals surface area (Å²) in [7, 11) is 0. The molecule has 8 aromatic rings. The number of furan rings is 1. The molecule has 4 heteroatoms. The molecule has 3 heterocycles. The van der Waals surface area contributed by atoms with Crippen LogP contribution in [0.25, 0.3) is 71.8 Å². The minimum atomic E-state index is 0.815. The zero-order chi connectivity index (χ0) is 23.6. The van der Waals surface area contributed by atoms with E-state index in [0.29, 0.717) is 0 Å². The zero-order valence-corrected chi connectivity index (χ0v) is 19.2. The third kappa shape index (κ3) is 2.58. The molecule has 0 saturated heterocycles. The molecule has 0 aliphatic heterocycles. The second-order valence-electron chi connectivity index (χ2n) is 9.07. The lowest BCUT2D eigenvalue weighted by Crippen LogP contribution is -1.95. The van der Waals surface area contributed by atoms with Crippen molar-refractivity contribution in [2.45, 2.75) is 0 Å². The van der Waals surface area contributed by atoms with Crippen molar-refractivity contribution in [1.82, 2.24) is 14.6 Å². The highest BCUT2D eigenvalue weighted by Gasteiger charge is 2.20. The van der Waals surface area contributed by atoms with Crippen LogP contribution in [0.15, 0.2) is 120 Å². The Morgan fingerprint density at radius 1 is 0.472 bits per heavy atom. The summed E-state index contributed by atoms with van der Waals surface area (Å²) in [4.78, 5) is 0. The van der Waals surface area contributed by atoms with Crippen molar-refractivity contribution >= 4 is 49.3 Å². The summed E-state index contributed by atoms with van der Waals surface area (Å²) in [6.45, 7) is 0. The molecule has 0 amide bonds. The summed E-state index contributed by atoms with van der Waals surface area (Å²) in [5, 5.41) is 15.1. The van der Waals surface area contributed by atoms with Gasteiger partial charge in [0, 0.05) is 32.7 Å². The number of para-hydroxylation sites is 3. The van der Waals surface area contributed by atoms with Crippen molar-refractivity contribution in [3.05, 3.63) is 115 Å². The van der Waals surface area contributed by atoms with E-state index in [1.165, 1.54) is 10.8 Å². The van der Waals surface area contributed by atoms with E-state index < -0.39 is 0 Å². The first-order valence-corrected chi connectivity index (χ1v) is 12.0. The molecule has 0 N–H and O–H groups in total. The number of rotatable bonds is 2. The lowest BCUT2D eigenvalue weighted by Gasteiger charge is -2.12. The van der Waals surface area contributed by atoms with Crippen molar-refractivity contribution in [2.24, 2.45) is 0 Å². The predicted molar refractivity (Wildman–Crippen MR) is 146 cm³/mol. The Morgan fingerprint density at radius 3 is 2.00 bits per heavy atom. The molecule has 0 saturated carbocycles. The molecule has 4 nitrogen and oxygen atoms in total. The van der Waals surface area contributed by atoms with Gasteiger partial charge in [-0.15, -0.1) is 10.2 Å². The lowest BCUT2D eigenvalue weighted by atomic mass is 9.97. The van der Waals surface area contributed by atoms with Gasteiger partial charge in [-0.3, -0.25) is 4.40 Å². The number of benzene rings is 5. The third-order valence-electron chi connectivity index (χ3n) is 7.13. The van der Waals surface area contributed by atoms with Crippen LogP contribution < -0.4 is 0 Å². The van der Waals surface area contributed by atoms with Crippen molar-refractivity contribution in [3.8, 4) is 22.5 Å². The van der Waals surface area contributed by atoms with E-state index in [0.717, 1.165) is 61.0 Å². The van der Waals surface area contributed by atoms with Gasteiger partial charge in [-0.1, -0.05) is 103 Å². The molecule has 0 aliphatic carbocycles. The maximum atomic E-state index is 6.38. The van der Waals surface area contributed by atoms with E-state index in [4.69, 9.17) is 14.6 Å². The maximum absolute atomic E-state index is 6.38. The van der Waals surface area contributed by atoms with Gasteiger partial charge < -0.3 is 4.42 Å². The van der Waals surface area contributed by atoms with Crippen LogP contribution in [0, 0.1) is 0 Å². The van der Waals surface area contributed by atoms with Crippen LogP contribution in [0.5, 0.6) is 0 Å². The van der Waals surface area contributed by atoms with Crippen molar-refractivity contribution in [3.63, 3.8) is 0 Å². The highest BCUT2D eigenvalue weighted by Crippen LogP contribution is 2.40. The van der Waals surface area contributed by atoms with Gasteiger partial charge in [0.2, 0.25) is 0 Å². The van der Waals surface area contributed by atoms with Crippen LogP contribution in [-0.2, 0) is 0 Å². The molecular formula is C32H19N3O. The molecular weight excluding hydrogens is 442 g/mol. The van der Waals surface area contributed by atoms with Crippen LogP contribution >= 0.6 is 0 Å². The summed E-state index contributed by atoms with van der Waals surface area (Å²) < 4.78 is 8.57. The summed E-state index contributed by atoms with van der Waals surface area (Å²) in [6, 6.07) is 39.8. The fraction of sp³-hybridized carbons (Fsp3) is 0. The first-order chi connectivity index (χ1) is 17.9. The van der Waals surface area contributed by atoms with Gasteiger partial charge >= 0.3 is 0 Å². The van der Waals surface area contributed by atoms with Crippen LogP contribution in [0.3, 0.4) is 0 Å². The smallest absolute Gasteiger partial charge is 0.169 e. The number of nitrogens with zero attached hydrogens (tertiary/aromatic N) is 3. The van der Waals surface area contributed by atoms with Crippen LogP contribution in [-0.4, -0.2) is 14.6 Å². The van der Waals surface area contributed by atoms with Gasteiger partial charge in [-0.2, -0.15) is 0 Å². The topological polar surface area (TPSA) is 43.3 Å². The molecule has 0 aliphatic rings. The quantitative estimate of drug-likeness (QED) is 0.243. The maximum Gasteiger partial charge on any atom is 0.169 e. The second-order valence-corrected chi connectivity index (χ2v) is 9.07. The SMILES string of the molecule is c1ccc(-c2nnc3c4ccccc4c4ccccc4n23)c(-c2cccc3c2oc2ccccc23)c1. The van der Waals surface area contributed by atoms with Gasteiger partial charge in [-0.25, -0.2) is 0 Å². The van der Waals surface area contributed by atoms with E-state index in [1.54, 1.807) is 0 Å². The van der Waals surface area contributed by atoms with Crippen LogP contribution in [0.4, 0.5) is 0 Å². The summed E-state index contributed by atoms with van der Waals surface area (Å²) >= 11 is 0. The largest absolute Gasteiger partial charge is 0.455 e. The van der Waals surface area contributed by atoms with Crippen molar-refractivity contribution in [1.29, 1.82) is 0 Å². The Hall–Kier alpha value is -4.96. The van der Waals surface area contributed by atoms with Gasteiger partial charge in [0.25, 0.3) is 0 Å². The monoisotopic (exact) mass is 461 g/mol. The highest BCUT2D eigenvalue weighted by molar-refractivity contribution is 6.13. The zero-order valence-electron chi connectivity index (χ0n) is 19.2. The molecule has 0 fully saturated rings. The Balaban J connectivity index is 1.48. The van der Waals surface area contributed by atoms with E-state index >= 15 is 0 Å². The summed E-state index contributed by atoms with van der Waals surface area (Å²) in [6.07, 6.45) is 0. The minimum absolute atomic E-state index is 0.815. The minimum Gasteiger partial charge on any atom is -0.455 e. The number of fused-ring (bicyclic) bond motifs is 9. The normalized spacial score (nSPS) is 11.9. The molecule has 0 spiro atoms. The van der Waals surface area contributed by atoms with Crippen LogP contribution in [0.2, 0.25) is 0 Å². The Morgan fingerprint density at radius 2 is 1.11 bits per heavy atom.